The van der Waals surface area contributed by atoms with E-state index in [1.54, 1.807) is 6.20 Å². The molecule has 0 radical (unpaired) electrons. The maximum absolute atomic E-state index is 5.88. The van der Waals surface area contributed by atoms with E-state index in [2.05, 4.69) is 19.9 Å². The van der Waals surface area contributed by atoms with Crippen molar-refractivity contribution in [1.82, 2.24) is 15.0 Å². The molecule has 0 spiro atoms. The van der Waals surface area contributed by atoms with Gasteiger partial charge in [-0.05, 0) is 12.1 Å². The zero-order valence-corrected chi connectivity index (χ0v) is 9.37. The summed E-state index contributed by atoms with van der Waals surface area (Å²) in [7, 11) is 0. The van der Waals surface area contributed by atoms with Crippen molar-refractivity contribution in [3.63, 3.8) is 0 Å². The lowest BCUT2D eigenvalue weighted by molar-refractivity contribution is 0.699. The minimum atomic E-state index is 0.579. The van der Waals surface area contributed by atoms with Gasteiger partial charge in [0.25, 0.3) is 0 Å². The molecule has 3 rings (SSSR count). The van der Waals surface area contributed by atoms with Crippen molar-refractivity contribution in [3.8, 4) is 0 Å². The summed E-state index contributed by atoms with van der Waals surface area (Å²) in [5, 5.41) is 0. The first-order valence-electron chi connectivity index (χ1n) is 5.59. The molecular formula is C12H13N5. The summed E-state index contributed by atoms with van der Waals surface area (Å²) in [5.74, 6) is 1.55. The lowest BCUT2D eigenvalue weighted by Crippen LogP contribution is -2.32. The van der Waals surface area contributed by atoms with Crippen LogP contribution in [0.5, 0.6) is 0 Å². The first-order chi connectivity index (χ1) is 8.34. The Kier molecular flexibility index (Phi) is 2.36. The molecule has 17 heavy (non-hydrogen) atoms. The van der Waals surface area contributed by atoms with Crippen molar-refractivity contribution < 1.29 is 0 Å². The van der Waals surface area contributed by atoms with Crippen LogP contribution in [0.25, 0.3) is 0 Å². The molecule has 0 unspecified atom stereocenters. The van der Waals surface area contributed by atoms with Crippen molar-refractivity contribution in [2.24, 2.45) is 0 Å². The van der Waals surface area contributed by atoms with E-state index in [0.29, 0.717) is 5.82 Å². The maximum Gasteiger partial charge on any atom is 0.132 e. The predicted molar refractivity (Wildman–Crippen MR) is 65.4 cm³/mol. The number of pyridine rings is 1. The molecule has 0 aromatic carbocycles. The average molecular weight is 227 g/mol. The van der Waals surface area contributed by atoms with E-state index < -0.39 is 0 Å². The number of hydrogen-bond donors (Lipinski definition) is 1. The standard InChI is InChI=1S/C12H13N5/c13-12-9-7-17(11-3-1-2-5-14-11)6-4-10(9)15-8-16-12/h1-3,5,8H,4,6-7H2,(H2,13,15,16). The highest BCUT2D eigenvalue weighted by atomic mass is 15.2. The molecule has 5 heteroatoms. The van der Waals surface area contributed by atoms with Crippen LogP contribution in [0.3, 0.4) is 0 Å². The van der Waals surface area contributed by atoms with Gasteiger partial charge in [-0.2, -0.15) is 0 Å². The third-order valence-corrected chi connectivity index (χ3v) is 3.01. The van der Waals surface area contributed by atoms with Crippen LogP contribution >= 0.6 is 0 Å². The van der Waals surface area contributed by atoms with Gasteiger partial charge in [-0.25, -0.2) is 15.0 Å². The summed E-state index contributed by atoms with van der Waals surface area (Å²) >= 11 is 0. The Morgan fingerprint density at radius 1 is 1.18 bits per heavy atom. The molecule has 1 aliphatic heterocycles. The van der Waals surface area contributed by atoms with Gasteiger partial charge >= 0.3 is 0 Å². The number of fused-ring (bicyclic) bond motifs is 1. The fraction of sp³-hybridized carbons (Fsp3) is 0.250. The van der Waals surface area contributed by atoms with E-state index >= 15 is 0 Å². The predicted octanol–water partition coefficient (Wildman–Crippen LogP) is 1.02. The van der Waals surface area contributed by atoms with Crippen LogP contribution in [0.1, 0.15) is 11.3 Å². The molecule has 1 aliphatic rings. The van der Waals surface area contributed by atoms with E-state index in [4.69, 9.17) is 5.73 Å². The fourth-order valence-electron chi connectivity index (χ4n) is 2.10. The highest BCUT2D eigenvalue weighted by molar-refractivity contribution is 5.49. The molecule has 0 saturated heterocycles. The largest absolute Gasteiger partial charge is 0.383 e. The van der Waals surface area contributed by atoms with Gasteiger partial charge in [0.15, 0.2) is 0 Å². The van der Waals surface area contributed by atoms with Gasteiger partial charge in [0, 0.05) is 31.3 Å². The normalized spacial score (nSPS) is 14.5. The van der Waals surface area contributed by atoms with Crippen LogP contribution in [0.4, 0.5) is 11.6 Å². The number of anilines is 2. The van der Waals surface area contributed by atoms with Crippen LogP contribution in [0.15, 0.2) is 30.7 Å². The van der Waals surface area contributed by atoms with Gasteiger partial charge in [0.05, 0.1) is 5.69 Å². The zero-order valence-electron chi connectivity index (χ0n) is 9.37. The summed E-state index contributed by atoms with van der Waals surface area (Å²) in [4.78, 5) is 14.9. The number of aromatic nitrogens is 3. The highest BCUT2D eigenvalue weighted by Gasteiger charge is 2.20. The van der Waals surface area contributed by atoms with Crippen LogP contribution in [0, 0.1) is 0 Å². The van der Waals surface area contributed by atoms with Crippen molar-refractivity contribution in [2.75, 3.05) is 17.2 Å². The molecule has 0 saturated carbocycles. The topological polar surface area (TPSA) is 67.9 Å². The molecule has 0 aliphatic carbocycles. The molecule has 0 amide bonds. The van der Waals surface area contributed by atoms with E-state index in [1.807, 2.05) is 18.2 Å². The molecule has 86 valence electrons. The highest BCUT2D eigenvalue weighted by Crippen LogP contribution is 2.23. The second-order valence-corrected chi connectivity index (χ2v) is 4.04. The Hall–Kier alpha value is -2.17. The Labute approximate surface area is 99.3 Å². The lowest BCUT2D eigenvalue weighted by atomic mass is 10.1. The van der Waals surface area contributed by atoms with Gasteiger partial charge in [-0.3, -0.25) is 0 Å². The van der Waals surface area contributed by atoms with E-state index in [-0.39, 0.29) is 0 Å². The van der Waals surface area contributed by atoms with E-state index in [9.17, 15) is 0 Å². The first-order valence-corrected chi connectivity index (χ1v) is 5.59. The van der Waals surface area contributed by atoms with Gasteiger partial charge in [-0.1, -0.05) is 6.07 Å². The minimum Gasteiger partial charge on any atom is -0.383 e. The van der Waals surface area contributed by atoms with Crippen LogP contribution in [-0.2, 0) is 13.0 Å². The molecule has 5 nitrogen and oxygen atoms in total. The van der Waals surface area contributed by atoms with Gasteiger partial charge < -0.3 is 10.6 Å². The average Bonchev–Trinajstić information content (AvgIpc) is 2.40. The van der Waals surface area contributed by atoms with Crippen molar-refractivity contribution >= 4 is 11.6 Å². The second kappa shape index (κ2) is 4.01. The maximum atomic E-state index is 5.88. The second-order valence-electron chi connectivity index (χ2n) is 4.04. The van der Waals surface area contributed by atoms with Crippen LogP contribution in [0.2, 0.25) is 0 Å². The van der Waals surface area contributed by atoms with E-state index in [0.717, 1.165) is 36.6 Å². The molecule has 2 aromatic heterocycles. The first kappa shape index (κ1) is 10.0. The molecule has 3 heterocycles. The molecule has 0 bridgehead atoms. The van der Waals surface area contributed by atoms with Crippen molar-refractivity contribution in [3.05, 3.63) is 42.0 Å². The monoisotopic (exact) mass is 227 g/mol. The third-order valence-electron chi connectivity index (χ3n) is 3.01. The fourth-order valence-corrected chi connectivity index (χ4v) is 2.10. The number of rotatable bonds is 1. The summed E-state index contributed by atoms with van der Waals surface area (Å²) in [5.41, 5.74) is 7.98. The molecule has 2 aromatic rings. The van der Waals surface area contributed by atoms with Crippen LogP contribution < -0.4 is 10.6 Å². The molecule has 0 atom stereocenters. The lowest BCUT2D eigenvalue weighted by Gasteiger charge is -2.29. The SMILES string of the molecule is Nc1ncnc2c1CN(c1ccccn1)CC2. The summed E-state index contributed by atoms with van der Waals surface area (Å²) in [6.07, 6.45) is 4.22. The number of hydrogen-bond acceptors (Lipinski definition) is 5. The summed E-state index contributed by atoms with van der Waals surface area (Å²) in [6.45, 7) is 1.65. The van der Waals surface area contributed by atoms with Gasteiger partial charge in [0.2, 0.25) is 0 Å². The van der Waals surface area contributed by atoms with Gasteiger partial charge in [0.1, 0.15) is 18.0 Å². The molecule has 2 N–H and O–H groups in total. The summed E-state index contributed by atoms with van der Waals surface area (Å²) in [6, 6.07) is 5.91. The Bertz CT molecular complexity index is 526. The zero-order chi connectivity index (χ0) is 11.7. The van der Waals surface area contributed by atoms with Gasteiger partial charge in [-0.15, -0.1) is 0 Å². The van der Waals surface area contributed by atoms with Crippen molar-refractivity contribution in [1.29, 1.82) is 0 Å². The van der Waals surface area contributed by atoms with Crippen LogP contribution in [-0.4, -0.2) is 21.5 Å². The molecule has 0 fully saturated rings. The Morgan fingerprint density at radius 2 is 2.12 bits per heavy atom. The Morgan fingerprint density at radius 3 is 2.94 bits per heavy atom. The quantitative estimate of drug-likeness (QED) is 0.787. The van der Waals surface area contributed by atoms with E-state index in [1.165, 1.54) is 6.33 Å². The smallest absolute Gasteiger partial charge is 0.132 e. The van der Waals surface area contributed by atoms with Crippen molar-refractivity contribution in [2.45, 2.75) is 13.0 Å². The number of nitrogen functional groups attached to an aromatic ring is 1. The number of nitrogens with zero attached hydrogens (tertiary/aromatic N) is 4. The third kappa shape index (κ3) is 1.80. The Balaban J connectivity index is 1.93. The number of nitrogens with two attached hydrogens (primary N) is 1. The summed E-state index contributed by atoms with van der Waals surface area (Å²) < 4.78 is 0. The minimum absolute atomic E-state index is 0.579. The molecular weight excluding hydrogens is 214 g/mol.